The Morgan fingerprint density at radius 1 is 1.29 bits per heavy atom. The first-order chi connectivity index (χ1) is 9.93. The number of benzene rings is 1. The molecule has 0 unspecified atom stereocenters. The average molecular weight is 292 g/mol. The number of halogens is 1. The summed E-state index contributed by atoms with van der Waals surface area (Å²) in [7, 11) is 0. The molecule has 0 spiro atoms. The summed E-state index contributed by atoms with van der Waals surface area (Å²) in [5.41, 5.74) is 0.154. The van der Waals surface area contributed by atoms with E-state index < -0.39 is 17.8 Å². The Hall–Kier alpha value is -2.89. The van der Waals surface area contributed by atoms with Gasteiger partial charge in [-0.3, -0.25) is 0 Å². The standard InChI is InChI=1S/C15H13FO5/c1-4-14(17)20-8-7-19-11-5-6-13(12(16)9-11)21-15(18)10(2)3/h4-9H,1-2H2,3H3. The van der Waals surface area contributed by atoms with Crippen molar-refractivity contribution >= 4 is 11.9 Å². The highest BCUT2D eigenvalue weighted by atomic mass is 19.1. The molecule has 0 radical (unpaired) electrons. The predicted molar refractivity (Wildman–Crippen MR) is 72.9 cm³/mol. The third-order valence-corrected chi connectivity index (χ3v) is 2.07. The van der Waals surface area contributed by atoms with Crippen LogP contribution in [0.4, 0.5) is 4.39 Å². The van der Waals surface area contributed by atoms with Gasteiger partial charge in [0.25, 0.3) is 0 Å². The van der Waals surface area contributed by atoms with E-state index in [2.05, 4.69) is 17.9 Å². The number of carbonyl (C=O) groups excluding carboxylic acids is 2. The zero-order valence-electron chi connectivity index (χ0n) is 11.3. The number of hydrogen-bond acceptors (Lipinski definition) is 5. The normalized spacial score (nSPS) is 10.0. The van der Waals surface area contributed by atoms with Crippen molar-refractivity contribution in [2.24, 2.45) is 0 Å². The molecular weight excluding hydrogens is 279 g/mol. The van der Waals surface area contributed by atoms with Crippen molar-refractivity contribution in [1.82, 2.24) is 0 Å². The Labute approximate surface area is 120 Å². The molecule has 21 heavy (non-hydrogen) atoms. The van der Waals surface area contributed by atoms with E-state index in [1.165, 1.54) is 19.1 Å². The van der Waals surface area contributed by atoms with Crippen molar-refractivity contribution < 1.29 is 28.2 Å². The maximum atomic E-state index is 13.7. The van der Waals surface area contributed by atoms with E-state index in [0.717, 1.165) is 24.7 Å². The lowest BCUT2D eigenvalue weighted by Gasteiger charge is -2.06. The number of carbonyl (C=O) groups is 2. The summed E-state index contributed by atoms with van der Waals surface area (Å²) < 4.78 is 27.9. The molecule has 1 aromatic rings. The lowest BCUT2D eigenvalue weighted by atomic mass is 10.3. The zero-order valence-corrected chi connectivity index (χ0v) is 11.3. The fraction of sp³-hybridized carbons (Fsp3) is 0.0667. The van der Waals surface area contributed by atoms with Crippen LogP contribution in [0.2, 0.25) is 0 Å². The molecule has 0 aliphatic rings. The van der Waals surface area contributed by atoms with Gasteiger partial charge in [0.1, 0.15) is 18.3 Å². The molecule has 0 heterocycles. The molecule has 0 fully saturated rings. The Morgan fingerprint density at radius 3 is 2.57 bits per heavy atom. The van der Waals surface area contributed by atoms with Crippen LogP contribution in [0.25, 0.3) is 0 Å². The molecular formula is C15H13FO5. The topological polar surface area (TPSA) is 61.8 Å². The van der Waals surface area contributed by atoms with E-state index in [9.17, 15) is 14.0 Å². The minimum Gasteiger partial charge on any atom is -0.462 e. The lowest BCUT2D eigenvalue weighted by Crippen LogP contribution is -2.09. The molecule has 1 rings (SSSR count). The van der Waals surface area contributed by atoms with Crippen LogP contribution in [-0.4, -0.2) is 11.9 Å². The number of hydrogen-bond donors (Lipinski definition) is 0. The molecule has 110 valence electrons. The first kappa shape index (κ1) is 16.2. The zero-order chi connectivity index (χ0) is 15.8. The highest BCUT2D eigenvalue weighted by Gasteiger charge is 2.10. The van der Waals surface area contributed by atoms with Gasteiger partial charge in [0, 0.05) is 17.7 Å². The van der Waals surface area contributed by atoms with E-state index >= 15 is 0 Å². The van der Waals surface area contributed by atoms with Crippen molar-refractivity contribution in [2.75, 3.05) is 0 Å². The molecule has 0 N–H and O–H groups in total. The molecule has 0 saturated carbocycles. The molecule has 0 atom stereocenters. The minimum atomic E-state index is -0.779. The van der Waals surface area contributed by atoms with Crippen LogP contribution in [0.1, 0.15) is 6.92 Å². The molecule has 0 amide bonds. The monoisotopic (exact) mass is 292 g/mol. The van der Waals surface area contributed by atoms with Crippen LogP contribution >= 0.6 is 0 Å². The second kappa shape index (κ2) is 7.64. The third-order valence-electron chi connectivity index (χ3n) is 2.07. The van der Waals surface area contributed by atoms with Crippen LogP contribution in [0.15, 0.2) is 55.5 Å². The summed E-state index contributed by atoms with van der Waals surface area (Å²) in [4.78, 5) is 22.0. The van der Waals surface area contributed by atoms with Crippen LogP contribution in [0, 0.1) is 5.82 Å². The quantitative estimate of drug-likeness (QED) is 0.349. The Balaban J connectivity index is 2.65. The van der Waals surface area contributed by atoms with Gasteiger partial charge in [-0.2, -0.15) is 0 Å². The van der Waals surface area contributed by atoms with Crippen LogP contribution in [0.3, 0.4) is 0 Å². The number of esters is 2. The molecule has 0 saturated heterocycles. The predicted octanol–water partition coefficient (Wildman–Crippen LogP) is 2.89. The van der Waals surface area contributed by atoms with Crippen LogP contribution < -0.4 is 9.47 Å². The van der Waals surface area contributed by atoms with Gasteiger partial charge in [-0.1, -0.05) is 13.2 Å². The van der Waals surface area contributed by atoms with Gasteiger partial charge in [-0.15, -0.1) is 0 Å². The second-order valence-electron chi connectivity index (χ2n) is 3.79. The Morgan fingerprint density at radius 2 is 2.00 bits per heavy atom. The summed E-state index contributed by atoms with van der Waals surface area (Å²) >= 11 is 0. The van der Waals surface area contributed by atoms with Gasteiger partial charge in [-0.05, 0) is 19.1 Å². The summed E-state index contributed by atoms with van der Waals surface area (Å²) in [5, 5.41) is 0. The fourth-order valence-electron chi connectivity index (χ4n) is 1.07. The van der Waals surface area contributed by atoms with Gasteiger partial charge in [-0.25, -0.2) is 14.0 Å². The first-order valence-corrected chi connectivity index (χ1v) is 5.76. The van der Waals surface area contributed by atoms with E-state index in [1.807, 2.05) is 0 Å². The highest BCUT2D eigenvalue weighted by molar-refractivity contribution is 5.88. The fourth-order valence-corrected chi connectivity index (χ4v) is 1.07. The number of rotatable bonds is 6. The molecule has 0 aromatic heterocycles. The van der Waals surface area contributed by atoms with Crippen molar-refractivity contribution in [1.29, 1.82) is 0 Å². The first-order valence-electron chi connectivity index (χ1n) is 5.76. The van der Waals surface area contributed by atoms with E-state index in [0.29, 0.717) is 0 Å². The molecule has 1 aromatic carbocycles. The molecule has 5 nitrogen and oxygen atoms in total. The van der Waals surface area contributed by atoms with Crippen LogP contribution in [-0.2, 0) is 14.3 Å². The molecule has 0 aliphatic heterocycles. The van der Waals surface area contributed by atoms with Gasteiger partial charge in [0.05, 0.1) is 0 Å². The molecule has 6 heteroatoms. The third kappa shape index (κ3) is 5.32. The smallest absolute Gasteiger partial charge is 0.338 e. The maximum Gasteiger partial charge on any atom is 0.338 e. The average Bonchev–Trinajstić information content (AvgIpc) is 2.45. The molecule has 0 bridgehead atoms. The second-order valence-corrected chi connectivity index (χ2v) is 3.79. The summed E-state index contributed by atoms with van der Waals surface area (Å²) in [5.74, 6) is -2.26. The summed E-state index contributed by atoms with van der Waals surface area (Å²) in [6.07, 6.45) is 3.02. The summed E-state index contributed by atoms with van der Waals surface area (Å²) in [6.45, 7) is 8.05. The number of ether oxygens (including phenoxy) is 3. The Kier molecular flexibility index (Phi) is 5.88. The maximum absolute atomic E-state index is 13.7. The van der Waals surface area contributed by atoms with E-state index in [1.54, 1.807) is 0 Å². The van der Waals surface area contributed by atoms with Gasteiger partial charge < -0.3 is 14.2 Å². The van der Waals surface area contributed by atoms with Gasteiger partial charge in [0.2, 0.25) is 0 Å². The van der Waals surface area contributed by atoms with Crippen LogP contribution in [0.5, 0.6) is 11.5 Å². The van der Waals surface area contributed by atoms with E-state index in [-0.39, 0.29) is 17.1 Å². The Bertz CT molecular complexity index is 604. The van der Waals surface area contributed by atoms with Crippen molar-refractivity contribution in [3.63, 3.8) is 0 Å². The van der Waals surface area contributed by atoms with Crippen molar-refractivity contribution in [3.05, 3.63) is 61.3 Å². The highest BCUT2D eigenvalue weighted by Crippen LogP contribution is 2.23. The van der Waals surface area contributed by atoms with Gasteiger partial charge in [0.15, 0.2) is 11.6 Å². The van der Waals surface area contributed by atoms with Crippen molar-refractivity contribution in [3.8, 4) is 11.5 Å². The lowest BCUT2D eigenvalue weighted by molar-refractivity contribution is -0.132. The van der Waals surface area contributed by atoms with Crippen molar-refractivity contribution in [2.45, 2.75) is 6.92 Å². The largest absolute Gasteiger partial charge is 0.462 e. The van der Waals surface area contributed by atoms with E-state index in [4.69, 9.17) is 9.47 Å². The summed E-state index contributed by atoms with van der Waals surface area (Å²) in [6, 6.07) is 3.62. The molecule has 0 aliphatic carbocycles. The van der Waals surface area contributed by atoms with Gasteiger partial charge >= 0.3 is 11.9 Å². The SMILES string of the molecule is C=CC(=O)OC=COc1ccc(OC(=O)C(=C)C)c(F)c1. The minimum absolute atomic E-state index is 0.133.